The van der Waals surface area contributed by atoms with Gasteiger partial charge >= 0.3 is 0 Å². The fourth-order valence-corrected chi connectivity index (χ4v) is 1.89. The highest BCUT2D eigenvalue weighted by Crippen LogP contribution is 2.14. The molecule has 1 aromatic rings. The summed E-state index contributed by atoms with van der Waals surface area (Å²) in [6.07, 6.45) is 0. The highest BCUT2D eigenvalue weighted by atomic mass is 16.5. The molecule has 1 aromatic heterocycles. The number of rotatable bonds is 7. The Morgan fingerprint density at radius 2 is 2.15 bits per heavy atom. The first-order valence-electron chi connectivity index (χ1n) is 7.01. The van der Waals surface area contributed by atoms with Crippen molar-refractivity contribution in [1.29, 1.82) is 0 Å². The standard InChI is InChI=1S/C14H27N5O/c1-10(2)8-16-14(15)17-9-13-11(3)18-19(12(13)4)6-7-20-5/h10H,6-9H2,1-5H3,(H3,15,16,17). The van der Waals surface area contributed by atoms with E-state index in [1.807, 2.05) is 11.6 Å². The number of methoxy groups -OCH3 is 1. The van der Waals surface area contributed by atoms with Crippen LogP contribution in [0.15, 0.2) is 4.99 Å². The van der Waals surface area contributed by atoms with E-state index in [0.29, 0.717) is 25.0 Å². The van der Waals surface area contributed by atoms with E-state index in [-0.39, 0.29) is 0 Å². The van der Waals surface area contributed by atoms with Crippen molar-refractivity contribution in [2.24, 2.45) is 16.6 Å². The van der Waals surface area contributed by atoms with E-state index in [1.54, 1.807) is 7.11 Å². The summed E-state index contributed by atoms with van der Waals surface area (Å²) in [5.74, 6) is 1.03. The van der Waals surface area contributed by atoms with Crippen molar-refractivity contribution in [2.45, 2.75) is 40.8 Å². The molecule has 0 unspecified atom stereocenters. The normalized spacial score (nSPS) is 12.2. The number of aryl methyl sites for hydroxylation is 1. The van der Waals surface area contributed by atoms with Crippen LogP contribution in [-0.4, -0.2) is 36.0 Å². The number of nitrogens with one attached hydrogen (secondary N) is 1. The van der Waals surface area contributed by atoms with Gasteiger partial charge in [-0.05, 0) is 19.8 Å². The minimum Gasteiger partial charge on any atom is -0.383 e. The molecule has 6 heteroatoms. The summed E-state index contributed by atoms with van der Waals surface area (Å²) < 4.78 is 7.04. The summed E-state index contributed by atoms with van der Waals surface area (Å²) in [6.45, 7) is 11.1. The smallest absolute Gasteiger partial charge is 0.188 e. The van der Waals surface area contributed by atoms with Crippen molar-refractivity contribution < 1.29 is 4.74 Å². The average Bonchev–Trinajstić information content (AvgIpc) is 2.66. The van der Waals surface area contributed by atoms with Crippen molar-refractivity contribution in [3.8, 4) is 0 Å². The monoisotopic (exact) mass is 281 g/mol. The highest BCUT2D eigenvalue weighted by molar-refractivity contribution is 5.77. The zero-order valence-electron chi connectivity index (χ0n) is 13.2. The van der Waals surface area contributed by atoms with Gasteiger partial charge in [0.15, 0.2) is 5.96 Å². The van der Waals surface area contributed by atoms with E-state index >= 15 is 0 Å². The summed E-state index contributed by atoms with van der Waals surface area (Å²) in [6, 6.07) is 0. The Balaban J connectivity index is 2.67. The number of nitrogens with two attached hydrogens (primary N) is 1. The molecular formula is C14H27N5O. The first kappa shape index (κ1) is 16.5. The first-order valence-corrected chi connectivity index (χ1v) is 7.01. The highest BCUT2D eigenvalue weighted by Gasteiger charge is 2.10. The molecule has 6 nitrogen and oxygen atoms in total. The largest absolute Gasteiger partial charge is 0.383 e. The molecular weight excluding hydrogens is 254 g/mol. The predicted octanol–water partition coefficient (Wildman–Crippen LogP) is 1.21. The second-order valence-corrected chi connectivity index (χ2v) is 5.34. The maximum absolute atomic E-state index is 5.85. The van der Waals surface area contributed by atoms with Gasteiger partial charge in [-0.1, -0.05) is 13.8 Å². The lowest BCUT2D eigenvalue weighted by Crippen LogP contribution is -2.34. The molecule has 1 rings (SSSR count). The molecule has 1 heterocycles. The van der Waals surface area contributed by atoms with Gasteiger partial charge in [-0.15, -0.1) is 0 Å². The molecule has 0 bridgehead atoms. The summed E-state index contributed by atoms with van der Waals surface area (Å²) >= 11 is 0. The molecule has 0 aliphatic carbocycles. The quantitative estimate of drug-likeness (QED) is 0.581. The van der Waals surface area contributed by atoms with Crippen molar-refractivity contribution in [3.05, 3.63) is 17.0 Å². The summed E-state index contributed by atoms with van der Waals surface area (Å²) in [7, 11) is 1.69. The second-order valence-electron chi connectivity index (χ2n) is 5.34. The van der Waals surface area contributed by atoms with Crippen LogP contribution in [0.4, 0.5) is 0 Å². The third-order valence-corrected chi connectivity index (χ3v) is 3.14. The SMILES string of the molecule is COCCn1nc(C)c(CN=C(N)NCC(C)C)c1C. The maximum Gasteiger partial charge on any atom is 0.188 e. The number of hydrogen-bond acceptors (Lipinski definition) is 3. The van der Waals surface area contributed by atoms with Crippen LogP contribution < -0.4 is 11.1 Å². The van der Waals surface area contributed by atoms with E-state index in [2.05, 4.69) is 36.2 Å². The van der Waals surface area contributed by atoms with Gasteiger partial charge in [0.25, 0.3) is 0 Å². The lowest BCUT2D eigenvalue weighted by Gasteiger charge is -2.08. The van der Waals surface area contributed by atoms with Gasteiger partial charge in [-0.25, -0.2) is 4.99 Å². The Bertz CT molecular complexity index is 451. The number of aromatic nitrogens is 2. The molecule has 3 N–H and O–H groups in total. The summed E-state index contributed by atoms with van der Waals surface area (Å²) in [5.41, 5.74) is 9.11. The molecule has 0 atom stereocenters. The molecule has 0 fully saturated rings. The zero-order chi connectivity index (χ0) is 15.1. The van der Waals surface area contributed by atoms with Gasteiger partial charge in [0, 0.05) is 24.9 Å². The molecule has 0 aliphatic heterocycles. The Morgan fingerprint density at radius 3 is 2.75 bits per heavy atom. The second kappa shape index (κ2) is 7.89. The maximum atomic E-state index is 5.85. The van der Waals surface area contributed by atoms with Crippen LogP contribution in [0, 0.1) is 19.8 Å². The third-order valence-electron chi connectivity index (χ3n) is 3.14. The number of hydrogen-bond donors (Lipinski definition) is 2. The van der Waals surface area contributed by atoms with Crippen LogP contribution in [0.25, 0.3) is 0 Å². The minimum absolute atomic E-state index is 0.488. The molecule has 0 saturated heterocycles. The van der Waals surface area contributed by atoms with E-state index in [0.717, 1.165) is 30.0 Å². The van der Waals surface area contributed by atoms with Gasteiger partial charge in [0.05, 0.1) is 25.4 Å². The Hall–Kier alpha value is -1.56. The van der Waals surface area contributed by atoms with E-state index in [1.165, 1.54) is 0 Å². The minimum atomic E-state index is 0.488. The first-order chi connectivity index (χ1) is 9.45. The van der Waals surface area contributed by atoms with Crippen molar-refractivity contribution in [2.75, 3.05) is 20.3 Å². The van der Waals surface area contributed by atoms with E-state index in [9.17, 15) is 0 Å². The molecule has 0 aromatic carbocycles. The Labute approximate surface area is 121 Å². The Kier molecular flexibility index (Phi) is 6.51. The number of guanidine groups is 1. The van der Waals surface area contributed by atoms with Crippen LogP contribution >= 0.6 is 0 Å². The molecule has 20 heavy (non-hydrogen) atoms. The third kappa shape index (κ3) is 4.85. The van der Waals surface area contributed by atoms with Crippen molar-refractivity contribution in [1.82, 2.24) is 15.1 Å². The van der Waals surface area contributed by atoms with Crippen LogP contribution in [0.1, 0.15) is 30.8 Å². The van der Waals surface area contributed by atoms with Gasteiger partial charge in [0.1, 0.15) is 0 Å². The topological polar surface area (TPSA) is 77.5 Å². The van der Waals surface area contributed by atoms with Gasteiger partial charge < -0.3 is 15.8 Å². The van der Waals surface area contributed by atoms with Gasteiger partial charge in [0.2, 0.25) is 0 Å². The van der Waals surface area contributed by atoms with Crippen LogP contribution in [0.5, 0.6) is 0 Å². The zero-order valence-corrected chi connectivity index (χ0v) is 13.2. The summed E-state index contributed by atoms with van der Waals surface area (Å²) in [4.78, 5) is 4.38. The number of aliphatic imine (C=N–C) groups is 1. The molecule has 114 valence electrons. The average molecular weight is 281 g/mol. The Morgan fingerprint density at radius 1 is 1.45 bits per heavy atom. The predicted molar refractivity (Wildman–Crippen MR) is 81.7 cm³/mol. The summed E-state index contributed by atoms with van der Waals surface area (Å²) in [5, 5.41) is 7.62. The van der Waals surface area contributed by atoms with E-state index in [4.69, 9.17) is 10.5 Å². The van der Waals surface area contributed by atoms with E-state index < -0.39 is 0 Å². The molecule has 0 saturated carbocycles. The van der Waals surface area contributed by atoms with Crippen LogP contribution in [0.2, 0.25) is 0 Å². The van der Waals surface area contributed by atoms with Crippen molar-refractivity contribution in [3.63, 3.8) is 0 Å². The van der Waals surface area contributed by atoms with Crippen molar-refractivity contribution >= 4 is 5.96 Å². The molecule has 0 aliphatic rings. The molecule has 0 radical (unpaired) electrons. The number of nitrogens with zero attached hydrogens (tertiary/aromatic N) is 3. The van der Waals surface area contributed by atoms with Gasteiger partial charge in [-0.2, -0.15) is 5.10 Å². The van der Waals surface area contributed by atoms with Crippen LogP contribution in [-0.2, 0) is 17.8 Å². The molecule has 0 spiro atoms. The molecule has 0 amide bonds. The fourth-order valence-electron chi connectivity index (χ4n) is 1.89. The fraction of sp³-hybridized carbons (Fsp3) is 0.714. The van der Waals surface area contributed by atoms with Crippen LogP contribution in [0.3, 0.4) is 0 Å². The lowest BCUT2D eigenvalue weighted by atomic mass is 10.2. The number of ether oxygens (including phenoxy) is 1. The lowest BCUT2D eigenvalue weighted by molar-refractivity contribution is 0.182. The van der Waals surface area contributed by atoms with Gasteiger partial charge in [-0.3, -0.25) is 4.68 Å².